The zero-order chi connectivity index (χ0) is 20.4. The van der Waals surface area contributed by atoms with E-state index in [1.807, 2.05) is 36.1 Å². The van der Waals surface area contributed by atoms with E-state index in [-0.39, 0.29) is 17.2 Å². The quantitative estimate of drug-likeness (QED) is 0.763. The van der Waals surface area contributed by atoms with Gasteiger partial charge in [-0.05, 0) is 55.9 Å². The number of ether oxygens (including phenoxy) is 1. The molecule has 29 heavy (non-hydrogen) atoms. The SMILES string of the molecule is CCOc1ccc(-c2noc(CCC(=O)N3CCC4(CC3)CC4C(=O)O)n2)cc1. The molecule has 8 heteroatoms. The van der Waals surface area contributed by atoms with E-state index in [1.54, 1.807) is 0 Å². The minimum Gasteiger partial charge on any atom is -0.494 e. The zero-order valence-corrected chi connectivity index (χ0v) is 16.5. The van der Waals surface area contributed by atoms with Gasteiger partial charge in [-0.25, -0.2) is 0 Å². The molecule has 0 bridgehead atoms. The van der Waals surface area contributed by atoms with Crippen LogP contribution in [-0.4, -0.2) is 51.7 Å². The van der Waals surface area contributed by atoms with Crippen molar-refractivity contribution in [3.05, 3.63) is 30.2 Å². The van der Waals surface area contributed by atoms with Crippen molar-refractivity contribution in [1.82, 2.24) is 15.0 Å². The summed E-state index contributed by atoms with van der Waals surface area (Å²) in [6.45, 7) is 3.80. The topological polar surface area (TPSA) is 106 Å². The Labute approximate surface area is 168 Å². The molecule has 2 heterocycles. The summed E-state index contributed by atoms with van der Waals surface area (Å²) in [5.74, 6) is 0.833. The molecule has 1 spiro atoms. The normalized spacial score (nSPS) is 19.9. The fourth-order valence-corrected chi connectivity index (χ4v) is 4.16. The zero-order valence-electron chi connectivity index (χ0n) is 16.5. The predicted octanol–water partition coefficient (Wildman–Crippen LogP) is 2.78. The summed E-state index contributed by atoms with van der Waals surface area (Å²) in [5.41, 5.74) is 0.760. The highest BCUT2D eigenvalue weighted by Crippen LogP contribution is 2.59. The van der Waals surface area contributed by atoms with Gasteiger partial charge in [0.15, 0.2) is 0 Å². The highest BCUT2D eigenvalue weighted by Gasteiger charge is 2.59. The average Bonchev–Trinajstić information content (AvgIpc) is 3.22. The van der Waals surface area contributed by atoms with Crippen molar-refractivity contribution in [1.29, 1.82) is 0 Å². The lowest BCUT2D eigenvalue weighted by Crippen LogP contribution is -2.40. The standard InChI is InChI=1S/C21H25N3O5/c1-2-28-15-5-3-14(4-6-15)19-22-17(29-23-19)7-8-18(25)24-11-9-21(10-12-24)13-16(21)20(26)27/h3-6,16H,2,7-13H2,1H3,(H,26,27). The number of hydrogen-bond acceptors (Lipinski definition) is 6. The van der Waals surface area contributed by atoms with Crippen molar-refractivity contribution in [2.45, 2.75) is 39.0 Å². The van der Waals surface area contributed by atoms with Crippen LogP contribution in [0.3, 0.4) is 0 Å². The van der Waals surface area contributed by atoms with Crippen LogP contribution in [0.1, 0.15) is 38.5 Å². The van der Waals surface area contributed by atoms with Crippen LogP contribution in [0.2, 0.25) is 0 Å². The number of carboxylic acid groups (broad SMARTS) is 1. The van der Waals surface area contributed by atoms with E-state index in [0.717, 1.165) is 30.6 Å². The molecule has 1 atom stereocenters. The maximum atomic E-state index is 12.5. The van der Waals surface area contributed by atoms with Gasteiger partial charge >= 0.3 is 5.97 Å². The van der Waals surface area contributed by atoms with Gasteiger partial charge in [0.25, 0.3) is 0 Å². The molecule has 1 N–H and O–H groups in total. The first-order valence-electron chi connectivity index (χ1n) is 10.1. The van der Waals surface area contributed by atoms with Crippen molar-refractivity contribution in [3.63, 3.8) is 0 Å². The molecule has 8 nitrogen and oxygen atoms in total. The number of aliphatic carboxylic acids is 1. The average molecular weight is 399 g/mol. The number of amides is 1. The van der Waals surface area contributed by atoms with Crippen LogP contribution in [0, 0.1) is 11.3 Å². The van der Waals surface area contributed by atoms with Crippen LogP contribution in [0.15, 0.2) is 28.8 Å². The van der Waals surface area contributed by atoms with Crippen molar-refractivity contribution in [3.8, 4) is 17.1 Å². The predicted molar refractivity (Wildman–Crippen MR) is 103 cm³/mol. The molecule has 0 radical (unpaired) electrons. The Morgan fingerprint density at radius 2 is 2.00 bits per heavy atom. The largest absolute Gasteiger partial charge is 0.494 e. The number of likely N-dealkylation sites (tertiary alicyclic amines) is 1. The second-order valence-corrected chi connectivity index (χ2v) is 7.81. The van der Waals surface area contributed by atoms with Crippen LogP contribution >= 0.6 is 0 Å². The highest BCUT2D eigenvalue weighted by molar-refractivity contribution is 5.77. The van der Waals surface area contributed by atoms with Gasteiger partial charge in [0.2, 0.25) is 17.6 Å². The molecule has 1 saturated heterocycles. The third-order valence-electron chi connectivity index (χ3n) is 6.04. The first kappa shape index (κ1) is 19.4. The van der Waals surface area contributed by atoms with Crippen molar-refractivity contribution in [2.75, 3.05) is 19.7 Å². The number of nitrogens with zero attached hydrogens (tertiary/aromatic N) is 3. The number of benzene rings is 1. The van der Waals surface area contributed by atoms with Gasteiger partial charge in [-0.3, -0.25) is 9.59 Å². The molecule has 1 unspecified atom stereocenters. The monoisotopic (exact) mass is 399 g/mol. The third kappa shape index (κ3) is 4.11. The van der Waals surface area contributed by atoms with Crippen molar-refractivity contribution < 1.29 is 24.0 Å². The third-order valence-corrected chi connectivity index (χ3v) is 6.04. The second-order valence-electron chi connectivity index (χ2n) is 7.81. The summed E-state index contributed by atoms with van der Waals surface area (Å²) >= 11 is 0. The number of piperidine rings is 1. The Kier molecular flexibility index (Phi) is 5.25. The van der Waals surface area contributed by atoms with Crippen LogP contribution in [0.4, 0.5) is 0 Å². The van der Waals surface area contributed by atoms with Gasteiger partial charge in [-0.1, -0.05) is 5.16 Å². The molecule has 2 aliphatic rings. The van der Waals surface area contributed by atoms with Gasteiger partial charge < -0.3 is 19.3 Å². The molecule has 1 aromatic carbocycles. The van der Waals surface area contributed by atoms with E-state index in [4.69, 9.17) is 14.4 Å². The number of hydrogen-bond donors (Lipinski definition) is 1. The summed E-state index contributed by atoms with van der Waals surface area (Å²) in [7, 11) is 0. The lowest BCUT2D eigenvalue weighted by Gasteiger charge is -2.32. The number of rotatable bonds is 7. The molecule has 2 aromatic rings. The lowest BCUT2D eigenvalue weighted by molar-refractivity contribution is -0.139. The number of aryl methyl sites for hydroxylation is 1. The summed E-state index contributed by atoms with van der Waals surface area (Å²) in [6.07, 6.45) is 3.00. The van der Waals surface area contributed by atoms with E-state index in [1.165, 1.54) is 0 Å². The Bertz CT molecular complexity index is 884. The molecule has 4 rings (SSSR count). The van der Waals surface area contributed by atoms with Crippen LogP contribution in [0.5, 0.6) is 5.75 Å². The molecule has 1 aliphatic carbocycles. The van der Waals surface area contributed by atoms with Gasteiger partial charge in [0.1, 0.15) is 5.75 Å². The summed E-state index contributed by atoms with van der Waals surface area (Å²) in [6, 6.07) is 7.46. The first-order valence-corrected chi connectivity index (χ1v) is 10.1. The molecule has 2 fully saturated rings. The summed E-state index contributed by atoms with van der Waals surface area (Å²) in [4.78, 5) is 29.9. The summed E-state index contributed by atoms with van der Waals surface area (Å²) < 4.78 is 10.7. The molecule has 1 amide bonds. The van der Waals surface area contributed by atoms with E-state index in [9.17, 15) is 9.59 Å². The Hall–Kier alpha value is -2.90. The second kappa shape index (κ2) is 7.85. The van der Waals surface area contributed by atoms with Crippen LogP contribution in [0.25, 0.3) is 11.4 Å². The van der Waals surface area contributed by atoms with E-state index in [0.29, 0.717) is 44.3 Å². The number of carbonyl (C=O) groups excluding carboxylic acids is 1. The van der Waals surface area contributed by atoms with Gasteiger partial charge in [0, 0.05) is 31.5 Å². The van der Waals surface area contributed by atoms with E-state index < -0.39 is 5.97 Å². The van der Waals surface area contributed by atoms with Crippen LogP contribution in [-0.2, 0) is 16.0 Å². The minimum atomic E-state index is -0.704. The maximum absolute atomic E-state index is 12.5. The molecular weight excluding hydrogens is 374 g/mol. The van der Waals surface area contributed by atoms with Crippen molar-refractivity contribution >= 4 is 11.9 Å². The number of carboxylic acids is 1. The first-order chi connectivity index (χ1) is 14.0. The Balaban J connectivity index is 1.27. The lowest BCUT2D eigenvalue weighted by atomic mass is 9.90. The van der Waals surface area contributed by atoms with Gasteiger partial charge in [-0.15, -0.1) is 0 Å². The van der Waals surface area contributed by atoms with Gasteiger partial charge in [0.05, 0.1) is 12.5 Å². The Morgan fingerprint density at radius 1 is 1.28 bits per heavy atom. The molecular formula is C21H25N3O5. The van der Waals surface area contributed by atoms with E-state index in [2.05, 4.69) is 10.1 Å². The number of aromatic nitrogens is 2. The highest BCUT2D eigenvalue weighted by atomic mass is 16.5. The molecule has 1 saturated carbocycles. The van der Waals surface area contributed by atoms with E-state index >= 15 is 0 Å². The van der Waals surface area contributed by atoms with Crippen LogP contribution < -0.4 is 4.74 Å². The van der Waals surface area contributed by atoms with Gasteiger partial charge in [-0.2, -0.15) is 4.98 Å². The van der Waals surface area contributed by atoms with Crippen molar-refractivity contribution in [2.24, 2.45) is 11.3 Å². The molecule has 1 aromatic heterocycles. The molecule has 1 aliphatic heterocycles. The summed E-state index contributed by atoms with van der Waals surface area (Å²) in [5, 5.41) is 13.2. The maximum Gasteiger partial charge on any atom is 0.307 e. The minimum absolute atomic E-state index is 0.0493. The fourth-order valence-electron chi connectivity index (χ4n) is 4.16. The molecule has 154 valence electrons. The number of carbonyl (C=O) groups is 2. The Morgan fingerprint density at radius 3 is 2.62 bits per heavy atom. The fraction of sp³-hybridized carbons (Fsp3) is 0.524. The smallest absolute Gasteiger partial charge is 0.307 e.